The average molecular weight is 311 g/mol. The molecule has 0 spiro atoms. The molecule has 1 saturated carbocycles. The number of para-hydroxylation sites is 2. The van der Waals surface area contributed by atoms with Crippen LogP contribution in [0.1, 0.15) is 32.1 Å². The van der Waals surface area contributed by atoms with E-state index in [9.17, 15) is 4.79 Å². The molecule has 2 aromatic heterocycles. The molecule has 0 atom stereocenters. The monoisotopic (exact) mass is 311 g/mol. The SMILES string of the molecule is O=C(Nc1nc2ccccc2[nH]1)C1(n2cnnn2)CCCCC1. The first-order chi connectivity index (χ1) is 11.3. The normalized spacial score (nSPS) is 17.2. The summed E-state index contributed by atoms with van der Waals surface area (Å²) in [5.74, 6) is 0.331. The van der Waals surface area contributed by atoms with Gasteiger partial charge in [0.15, 0.2) is 0 Å². The Morgan fingerprint density at radius 3 is 2.78 bits per heavy atom. The molecule has 1 aliphatic rings. The highest BCUT2D eigenvalue weighted by Crippen LogP contribution is 2.35. The fourth-order valence-corrected chi connectivity index (χ4v) is 3.29. The number of aromatic amines is 1. The largest absolute Gasteiger partial charge is 0.324 e. The number of nitrogens with one attached hydrogen (secondary N) is 2. The quantitative estimate of drug-likeness (QED) is 0.768. The molecule has 118 valence electrons. The van der Waals surface area contributed by atoms with Crippen molar-refractivity contribution in [1.82, 2.24) is 30.2 Å². The van der Waals surface area contributed by atoms with E-state index >= 15 is 0 Å². The number of hydrogen-bond donors (Lipinski definition) is 2. The first kappa shape index (κ1) is 13.9. The zero-order valence-corrected chi connectivity index (χ0v) is 12.6. The lowest BCUT2D eigenvalue weighted by Gasteiger charge is -2.34. The molecule has 23 heavy (non-hydrogen) atoms. The molecule has 1 aliphatic carbocycles. The Hall–Kier alpha value is -2.77. The predicted octanol–water partition coefficient (Wildman–Crippen LogP) is 1.85. The van der Waals surface area contributed by atoms with Crippen molar-refractivity contribution in [3.63, 3.8) is 0 Å². The minimum absolute atomic E-state index is 0.122. The van der Waals surface area contributed by atoms with E-state index in [-0.39, 0.29) is 5.91 Å². The molecule has 3 aromatic rings. The number of fused-ring (bicyclic) bond motifs is 1. The van der Waals surface area contributed by atoms with Crippen molar-refractivity contribution < 1.29 is 4.79 Å². The van der Waals surface area contributed by atoms with E-state index in [2.05, 4.69) is 30.8 Å². The van der Waals surface area contributed by atoms with E-state index in [1.807, 2.05) is 24.3 Å². The number of benzene rings is 1. The van der Waals surface area contributed by atoms with Crippen LogP contribution in [-0.2, 0) is 10.3 Å². The number of aromatic nitrogens is 6. The maximum atomic E-state index is 13.0. The van der Waals surface area contributed by atoms with Gasteiger partial charge in [-0.25, -0.2) is 9.67 Å². The number of amides is 1. The van der Waals surface area contributed by atoms with Gasteiger partial charge in [0.2, 0.25) is 5.95 Å². The molecular formula is C15H17N7O. The zero-order valence-electron chi connectivity index (χ0n) is 12.6. The van der Waals surface area contributed by atoms with Gasteiger partial charge in [-0.1, -0.05) is 31.4 Å². The smallest absolute Gasteiger partial charge is 0.254 e. The molecule has 0 saturated heterocycles. The van der Waals surface area contributed by atoms with Gasteiger partial charge in [-0.15, -0.1) is 5.10 Å². The lowest BCUT2D eigenvalue weighted by atomic mass is 9.81. The summed E-state index contributed by atoms with van der Waals surface area (Å²) >= 11 is 0. The molecule has 8 nitrogen and oxygen atoms in total. The molecular weight excluding hydrogens is 294 g/mol. The highest BCUT2D eigenvalue weighted by atomic mass is 16.2. The molecule has 8 heteroatoms. The fraction of sp³-hybridized carbons (Fsp3) is 0.400. The Kier molecular flexibility index (Phi) is 3.29. The number of tetrazole rings is 1. The Morgan fingerprint density at radius 2 is 2.04 bits per heavy atom. The summed E-state index contributed by atoms with van der Waals surface area (Å²) in [6.45, 7) is 0. The maximum Gasteiger partial charge on any atom is 0.254 e. The summed E-state index contributed by atoms with van der Waals surface area (Å²) < 4.78 is 1.59. The minimum atomic E-state index is -0.735. The third kappa shape index (κ3) is 2.36. The van der Waals surface area contributed by atoms with Gasteiger partial charge < -0.3 is 4.98 Å². The van der Waals surface area contributed by atoms with Gasteiger partial charge in [0.25, 0.3) is 5.91 Å². The molecule has 1 fully saturated rings. The third-order valence-corrected chi connectivity index (χ3v) is 4.51. The first-order valence-electron chi connectivity index (χ1n) is 7.78. The second-order valence-corrected chi connectivity index (χ2v) is 5.90. The minimum Gasteiger partial charge on any atom is -0.324 e. The van der Waals surface area contributed by atoms with Crippen molar-refractivity contribution in [2.24, 2.45) is 0 Å². The van der Waals surface area contributed by atoms with Crippen molar-refractivity contribution in [1.29, 1.82) is 0 Å². The lowest BCUT2D eigenvalue weighted by molar-refractivity contribution is -0.127. The molecule has 4 rings (SSSR count). The predicted molar refractivity (Wildman–Crippen MR) is 83.6 cm³/mol. The molecule has 2 N–H and O–H groups in total. The molecule has 0 radical (unpaired) electrons. The van der Waals surface area contributed by atoms with Crippen molar-refractivity contribution in [2.75, 3.05) is 5.32 Å². The van der Waals surface area contributed by atoms with Gasteiger partial charge in [0.1, 0.15) is 11.9 Å². The van der Waals surface area contributed by atoms with E-state index in [0.29, 0.717) is 5.95 Å². The highest BCUT2D eigenvalue weighted by molar-refractivity contribution is 5.96. The molecule has 2 heterocycles. The summed E-state index contributed by atoms with van der Waals surface area (Å²) in [7, 11) is 0. The summed E-state index contributed by atoms with van der Waals surface area (Å²) in [4.78, 5) is 20.5. The number of anilines is 1. The van der Waals surface area contributed by atoms with Crippen molar-refractivity contribution >= 4 is 22.9 Å². The third-order valence-electron chi connectivity index (χ3n) is 4.51. The van der Waals surface area contributed by atoms with Crippen LogP contribution in [0.15, 0.2) is 30.6 Å². The van der Waals surface area contributed by atoms with E-state index in [1.165, 1.54) is 6.33 Å². The van der Waals surface area contributed by atoms with Gasteiger partial charge in [-0.3, -0.25) is 10.1 Å². The summed E-state index contributed by atoms with van der Waals surface area (Å²) in [5.41, 5.74) is 0.978. The number of carbonyl (C=O) groups is 1. The van der Waals surface area contributed by atoms with E-state index in [4.69, 9.17) is 0 Å². The number of hydrogen-bond acceptors (Lipinski definition) is 5. The number of nitrogens with zero attached hydrogens (tertiary/aromatic N) is 5. The van der Waals surface area contributed by atoms with Gasteiger partial charge in [-0.05, 0) is 35.4 Å². The van der Waals surface area contributed by atoms with Crippen molar-refractivity contribution in [3.8, 4) is 0 Å². The maximum absolute atomic E-state index is 13.0. The van der Waals surface area contributed by atoms with Crippen LogP contribution in [0.2, 0.25) is 0 Å². The Morgan fingerprint density at radius 1 is 1.22 bits per heavy atom. The molecule has 1 amide bonds. The molecule has 0 aliphatic heterocycles. The van der Waals surface area contributed by atoms with Gasteiger partial charge in [0.05, 0.1) is 11.0 Å². The van der Waals surface area contributed by atoms with Crippen LogP contribution in [0.3, 0.4) is 0 Å². The van der Waals surface area contributed by atoms with E-state index < -0.39 is 5.54 Å². The van der Waals surface area contributed by atoms with Crippen LogP contribution < -0.4 is 5.32 Å². The van der Waals surface area contributed by atoms with Crippen LogP contribution in [0.4, 0.5) is 5.95 Å². The number of rotatable bonds is 3. The Labute approximate surface area is 132 Å². The van der Waals surface area contributed by atoms with Gasteiger partial charge >= 0.3 is 0 Å². The summed E-state index contributed by atoms with van der Waals surface area (Å²) in [5, 5.41) is 14.3. The number of H-pyrrole nitrogens is 1. The lowest BCUT2D eigenvalue weighted by Crippen LogP contribution is -2.47. The van der Waals surface area contributed by atoms with Crippen molar-refractivity contribution in [3.05, 3.63) is 30.6 Å². The van der Waals surface area contributed by atoms with Crippen LogP contribution in [-0.4, -0.2) is 36.1 Å². The summed E-state index contributed by atoms with van der Waals surface area (Å²) in [6.07, 6.45) is 6.06. The highest BCUT2D eigenvalue weighted by Gasteiger charge is 2.43. The van der Waals surface area contributed by atoms with Crippen LogP contribution in [0.5, 0.6) is 0 Å². The fourth-order valence-electron chi connectivity index (χ4n) is 3.29. The Balaban J connectivity index is 1.65. The van der Waals surface area contributed by atoms with E-state index in [1.54, 1.807) is 4.68 Å². The van der Waals surface area contributed by atoms with Crippen LogP contribution in [0, 0.1) is 0 Å². The van der Waals surface area contributed by atoms with Gasteiger partial charge in [0, 0.05) is 0 Å². The second-order valence-electron chi connectivity index (χ2n) is 5.90. The zero-order chi connectivity index (χ0) is 15.7. The molecule has 0 bridgehead atoms. The molecule has 1 aromatic carbocycles. The van der Waals surface area contributed by atoms with Gasteiger partial charge in [-0.2, -0.15) is 0 Å². The standard InChI is InChI=1S/C15H17N7O/c23-13(19-14-17-11-6-2-3-7-12(11)18-14)15(8-4-1-5-9-15)22-10-16-20-21-22/h2-3,6-7,10H,1,4-5,8-9H2,(H2,17,18,19,23). The Bertz CT molecular complexity index is 784. The van der Waals surface area contributed by atoms with E-state index in [0.717, 1.165) is 43.1 Å². The second kappa shape index (κ2) is 5.45. The first-order valence-corrected chi connectivity index (χ1v) is 7.78. The number of imidazole rings is 1. The summed E-state index contributed by atoms with van der Waals surface area (Å²) in [6, 6.07) is 7.67. The average Bonchev–Trinajstić information content (AvgIpc) is 3.24. The van der Waals surface area contributed by atoms with Crippen LogP contribution in [0.25, 0.3) is 11.0 Å². The number of carbonyl (C=O) groups excluding carboxylic acids is 1. The molecule has 0 unspecified atom stereocenters. The van der Waals surface area contributed by atoms with Crippen LogP contribution >= 0.6 is 0 Å². The topological polar surface area (TPSA) is 101 Å². The van der Waals surface area contributed by atoms with Crippen molar-refractivity contribution in [2.45, 2.75) is 37.6 Å².